The van der Waals surface area contributed by atoms with E-state index in [1.165, 1.54) is 23.5 Å². The van der Waals surface area contributed by atoms with E-state index in [0.29, 0.717) is 6.54 Å². The highest BCUT2D eigenvalue weighted by Crippen LogP contribution is 2.07. The molecule has 2 rings (SSSR count). The van der Waals surface area contributed by atoms with Crippen molar-refractivity contribution < 1.29 is 4.79 Å². The van der Waals surface area contributed by atoms with Gasteiger partial charge in [-0.05, 0) is 24.5 Å². The van der Waals surface area contributed by atoms with E-state index in [1.807, 2.05) is 12.1 Å². The number of benzene rings is 1. The number of carbonyl (C=O) groups excluding carboxylic acids is 1. The van der Waals surface area contributed by atoms with Crippen molar-refractivity contribution >= 4 is 11.7 Å². The number of anilines is 1. The maximum absolute atomic E-state index is 11.8. The molecule has 19 heavy (non-hydrogen) atoms. The molecule has 0 fully saturated rings. The Kier molecular flexibility index (Phi) is 4.07. The van der Waals surface area contributed by atoms with E-state index in [4.69, 9.17) is 5.73 Å². The third-order valence-electron chi connectivity index (χ3n) is 2.83. The molecule has 1 aromatic carbocycles. The molecule has 5 heteroatoms. The first-order valence-electron chi connectivity index (χ1n) is 6.07. The van der Waals surface area contributed by atoms with Crippen molar-refractivity contribution in [1.29, 1.82) is 0 Å². The van der Waals surface area contributed by atoms with Crippen LogP contribution in [0.4, 0.5) is 5.82 Å². The zero-order chi connectivity index (χ0) is 13.7. The molecule has 0 radical (unpaired) electrons. The van der Waals surface area contributed by atoms with E-state index >= 15 is 0 Å². The van der Waals surface area contributed by atoms with Gasteiger partial charge in [-0.2, -0.15) is 0 Å². The number of carbonyl (C=O) groups is 1. The van der Waals surface area contributed by atoms with Crippen LogP contribution in [0.25, 0.3) is 0 Å². The molecule has 0 aliphatic heterocycles. The first kappa shape index (κ1) is 13.0. The molecule has 0 spiro atoms. The van der Waals surface area contributed by atoms with Crippen molar-refractivity contribution in [2.24, 2.45) is 0 Å². The van der Waals surface area contributed by atoms with E-state index in [-0.39, 0.29) is 17.4 Å². The van der Waals surface area contributed by atoms with Gasteiger partial charge in [0.25, 0.3) is 5.91 Å². The number of nitrogens with one attached hydrogen (secondary N) is 1. The Morgan fingerprint density at radius 3 is 2.84 bits per heavy atom. The Morgan fingerprint density at radius 2 is 2.11 bits per heavy atom. The number of aryl methyl sites for hydroxylation is 1. The molecule has 1 heterocycles. The second-order valence-electron chi connectivity index (χ2n) is 4.26. The lowest BCUT2D eigenvalue weighted by atomic mass is 10.1. The summed E-state index contributed by atoms with van der Waals surface area (Å²) in [5.74, 6) is -0.0139. The van der Waals surface area contributed by atoms with Crippen molar-refractivity contribution in [1.82, 2.24) is 15.3 Å². The summed E-state index contributed by atoms with van der Waals surface area (Å²) in [6.45, 7) is 2.61. The minimum Gasteiger partial charge on any atom is -0.382 e. The monoisotopic (exact) mass is 256 g/mol. The molecule has 0 saturated carbocycles. The second-order valence-corrected chi connectivity index (χ2v) is 4.26. The van der Waals surface area contributed by atoms with Gasteiger partial charge in [0.1, 0.15) is 11.5 Å². The molecule has 0 atom stereocenters. The molecule has 1 amide bonds. The average Bonchev–Trinajstić information content (AvgIpc) is 2.41. The van der Waals surface area contributed by atoms with Crippen LogP contribution < -0.4 is 11.1 Å². The van der Waals surface area contributed by atoms with Gasteiger partial charge in [0.05, 0.1) is 12.4 Å². The Balaban J connectivity index is 1.90. The Morgan fingerprint density at radius 1 is 1.32 bits per heavy atom. The van der Waals surface area contributed by atoms with Gasteiger partial charge < -0.3 is 11.1 Å². The molecule has 0 saturated heterocycles. The fraction of sp³-hybridized carbons (Fsp3) is 0.214. The van der Waals surface area contributed by atoms with Crippen molar-refractivity contribution in [2.75, 3.05) is 12.3 Å². The van der Waals surface area contributed by atoms with Gasteiger partial charge >= 0.3 is 0 Å². The fourth-order valence-corrected chi connectivity index (χ4v) is 1.78. The SMILES string of the molecule is Cc1ccccc1CCNC(=O)c1cncc(N)n1. The third kappa shape index (κ3) is 3.51. The van der Waals surface area contributed by atoms with E-state index in [1.54, 1.807) is 0 Å². The number of amides is 1. The van der Waals surface area contributed by atoms with Crippen LogP contribution in [0.2, 0.25) is 0 Å². The molecular weight excluding hydrogens is 240 g/mol. The average molecular weight is 256 g/mol. The predicted molar refractivity (Wildman–Crippen MR) is 73.7 cm³/mol. The summed E-state index contributed by atoms with van der Waals surface area (Å²) in [7, 11) is 0. The standard InChI is InChI=1S/C14H16N4O/c1-10-4-2-3-5-11(10)6-7-17-14(19)12-8-16-9-13(15)18-12/h2-5,8-9H,6-7H2,1H3,(H2,15,18)(H,17,19). The van der Waals surface area contributed by atoms with Crippen molar-refractivity contribution in [3.63, 3.8) is 0 Å². The molecule has 1 aromatic heterocycles. The van der Waals surface area contributed by atoms with Gasteiger partial charge in [-0.3, -0.25) is 9.78 Å². The summed E-state index contributed by atoms with van der Waals surface area (Å²) in [5, 5.41) is 2.80. The highest BCUT2D eigenvalue weighted by molar-refractivity contribution is 5.92. The topological polar surface area (TPSA) is 80.9 Å². The van der Waals surface area contributed by atoms with E-state index in [2.05, 4.69) is 34.3 Å². The highest BCUT2D eigenvalue weighted by atomic mass is 16.1. The van der Waals surface area contributed by atoms with Gasteiger partial charge in [-0.15, -0.1) is 0 Å². The lowest BCUT2D eigenvalue weighted by molar-refractivity contribution is 0.0949. The van der Waals surface area contributed by atoms with Crippen LogP contribution in [0.5, 0.6) is 0 Å². The van der Waals surface area contributed by atoms with Crippen LogP contribution in [0.15, 0.2) is 36.7 Å². The first-order valence-corrected chi connectivity index (χ1v) is 6.07. The van der Waals surface area contributed by atoms with Gasteiger partial charge in [0.2, 0.25) is 0 Å². The Bertz CT molecular complexity index is 583. The zero-order valence-electron chi connectivity index (χ0n) is 10.8. The maximum atomic E-state index is 11.8. The molecule has 0 aliphatic carbocycles. The van der Waals surface area contributed by atoms with Gasteiger partial charge in [0.15, 0.2) is 0 Å². The summed E-state index contributed by atoms with van der Waals surface area (Å²) in [6.07, 6.45) is 3.59. The normalized spacial score (nSPS) is 10.2. The molecule has 2 aromatic rings. The van der Waals surface area contributed by atoms with E-state index < -0.39 is 0 Å². The van der Waals surface area contributed by atoms with Crippen LogP contribution in [0.3, 0.4) is 0 Å². The number of aromatic nitrogens is 2. The molecular formula is C14H16N4O. The Labute approximate surface area is 111 Å². The summed E-state index contributed by atoms with van der Waals surface area (Å²) >= 11 is 0. The van der Waals surface area contributed by atoms with Crippen LogP contribution in [-0.4, -0.2) is 22.4 Å². The van der Waals surface area contributed by atoms with Gasteiger partial charge in [-0.25, -0.2) is 4.98 Å². The first-order chi connectivity index (χ1) is 9.16. The van der Waals surface area contributed by atoms with Crippen molar-refractivity contribution in [3.8, 4) is 0 Å². The Hall–Kier alpha value is -2.43. The molecule has 98 valence electrons. The highest BCUT2D eigenvalue weighted by Gasteiger charge is 2.07. The number of nitrogen functional groups attached to an aromatic ring is 1. The number of rotatable bonds is 4. The van der Waals surface area contributed by atoms with Crippen LogP contribution in [0, 0.1) is 6.92 Å². The lowest BCUT2D eigenvalue weighted by Gasteiger charge is -2.07. The van der Waals surface area contributed by atoms with Crippen LogP contribution in [-0.2, 0) is 6.42 Å². The maximum Gasteiger partial charge on any atom is 0.271 e. The van der Waals surface area contributed by atoms with Crippen molar-refractivity contribution in [3.05, 3.63) is 53.5 Å². The minimum absolute atomic E-state index is 0.241. The minimum atomic E-state index is -0.256. The molecule has 0 unspecified atom stereocenters. The van der Waals surface area contributed by atoms with Gasteiger partial charge in [-0.1, -0.05) is 24.3 Å². The summed E-state index contributed by atoms with van der Waals surface area (Å²) in [5.41, 5.74) is 8.17. The summed E-state index contributed by atoms with van der Waals surface area (Å²) in [4.78, 5) is 19.6. The van der Waals surface area contributed by atoms with Crippen LogP contribution in [0.1, 0.15) is 21.6 Å². The largest absolute Gasteiger partial charge is 0.382 e. The summed E-state index contributed by atoms with van der Waals surface area (Å²) < 4.78 is 0. The molecule has 0 bridgehead atoms. The van der Waals surface area contributed by atoms with Gasteiger partial charge in [0, 0.05) is 6.54 Å². The van der Waals surface area contributed by atoms with Crippen LogP contribution >= 0.6 is 0 Å². The zero-order valence-corrected chi connectivity index (χ0v) is 10.8. The number of hydrogen-bond acceptors (Lipinski definition) is 4. The molecule has 3 N–H and O–H groups in total. The van der Waals surface area contributed by atoms with Crippen molar-refractivity contribution in [2.45, 2.75) is 13.3 Å². The van der Waals surface area contributed by atoms with E-state index in [9.17, 15) is 4.79 Å². The summed E-state index contributed by atoms with van der Waals surface area (Å²) in [6, 6.07) is 8.11. The third-order valence-corrected chi connectivity index (χ3v) is 2.83. The number of hydrogen-bond donors (Lipinski definition) is 2. The number of nitrogens with zero attached hydrogens (tertiary/aromatic N) is 2. The molecule has 5 nitrogen and oxygen atoms in total. The second kappa shape index (κ2) is 5.95. The number of nitrogens with two attached hydrogens (primary N) is 1. The quantitative estimate of drug-likeness (QED) is 0.865. The van der Waals surface area contributed by atoms with E-state index in [0.717, 1.165) is 6.42 Å². The lowest BCUT2D eigenvalue weighted by Crippen LogP contribution is -2.27. The predicted octanol–water partition coefficient (Wildman–Crippen LogP) is 1.34. The molecule has 0 aliphatic rings. The fourth-order valence-electron chi connectivity index (χ4n) is 1.78. The smallest absolute Gasteiger partial charge is 0.271 e.